The van der Waals surface area contributed by atoms with Gasteiger partial charge in [-0.2, -0.15) is 0 Å². The minimum Gasteiger partial charge on any atom is -0.343 e. The third-order valence-electron chi connectivity index (χ3n) is 3.42. The highest BCUT2D eigenvalue weighted by Crippen LogP contribution is 2.14. The second-order valence-electron chi connectivity index (χ2n) is 6.26. The average Bonchev–Trinajstić information content (AvgIpc) is 2.46. The maximum Gasteiger partial charge on any atom is 0.251 e. The first-order chi connectivity index (χ1) is 10.2. The van der Waals surface area contributed by atoms with Crippen LogP contribution in [0.3, 0.4) is 0 Å². The number of carbonyl (C=O) groups is 2. The van der Waals surface area contributed by atoms with E-state index in [1.165, 1.54) is 0 Å². The molecule has 0 spiro atoms. The van der Waals surface area contributed by atoms with Crippen LogP contribution in [0.5, 0.6) is 0 Å². The number of hydrogen-bond donors (Lipinski definition) is 2. The van der Waals surface area contributed by atoms with Crippen LogP contribution in [0.25, 0.3) is 0 Å². The zero-order valence-corrected chi connectivity index (χ0v) is 14.3. The van der Waals surface area contributed by atoms with Crippen molar-refractivity contribution < 1.29 is 9.59 Å². The van der Waals surface area contributed by atoms with E-state index in [4.69, 9.17) is 17.3 Å². The van der Waals surface area contributed by atoms with Crippen LogP contribution in [0.1, 0.15) is 31.1 Å². The second kappa shape index (κ2) is 7.61. The van der Waals surface area contributed by atoms with Gasteiger partial charge in [0.15, 0.2) is 0 Å². The molecule has 0 radical (unpaired) electrons. The molecule has 1 rings (SSSR count). The smallest absolute Gasteiger partial charge is 0.251 e. The van der Waals surface area contributed by atoms with Crippen molar-refractivity contribution in [2.45, 2.75) is 26.8 Å². The summed E-state index contributed by atoms with van der Waals surface area (Å²) in [6.07, 6.45) is 0. The van der Waals surface area contributed by atoms with E-state index in [2.05, 4.69) is 5.32 Å². The topological polar surface area (TPSA) is 75.4 Å². The van der Waals surface area contributed by atoms with Gasteiger partial charge in [0.1, 0.15) is 6.04 Å². The summed E-state index contributed by atoms with van der Waals surface area (Å²) in [5, 5.41) is 3.26. The zero-order chi connectivity index (χ0) is 16.9. The van der Waals surface area contributed by atoms with Gasteiger partial charge in [0.05, 0.1) is 0 Å². The van der Waals surface area contributed by atoms with Gasteiger partial charge in [-0.05, 0) is 43.1 Å². The number of carbonyl (C=O) groups excluding carboxylic acids is 2. The van der Waals surface area contributed by atoms with Gasteiger partial charge in [0.25, 0.3) is 5.91 Å². The molecule has 0 aromatic heterocycles. The fourth-order valence-electron chi connectivity index (χ4n) is 2.06. The molecule has 1 unspecified atom stereocenters. The molecular formula is C16H24ClN3O2. The van der Waals surface area contributed by atoms with Crippen molar-refractivity contribution in [3.05, 3.63) is 34.9 Å². The van der Waals surface area contributed by atoms with Gasteiger partial charge in [-0.3, -0.25) is 9.59 Å². The van der Waals surface area contributed by atoms with Crippen LogP contribution in [0.4, 0.5) is 0 Å². The predicted octanol–water partition coefficient (Wildman–Crippen LogP) is 1.90. The highest BCUT2D eigenvalue weighted by molar-refractivity contribution is 6.30. The van der Waals surface area contributed by atoms with Crippen LogP contribution in [0.15, 0.2) is 24.3 Å². The maximum absolute atomic E-state index is 12.3. The number of nitrogens with zero attached hydrogens (tertiary/aromatic N) is 1. The van der Waals surface area contributed by atoms with Crippen molar-refractivity contribution in [3.63, 3.8) is 0 Å². The SMILES string of the molecule is CC(NC(=O)c1ccc(Cl)cc1)C(=O)N(C)CC(C)(C)CN. The molecule has 3 N–H and O–H groups in total. The first-order valence-corrected chi connectivity index (χ1v) is 7.55. The Morgan fingerprint density at radius 2 is 1.86 bits per heavy atom. The number of nitrogens with two attached hydrogens (primary N) is 1. The summed E-state index contributed by atoms with van der Waals surface area (Å²) in [7, 11) is 1.71. The molecule has 2 amide bonds. The van der Waals surface area contributed by atoms with Crippen LogP contribution in [0, 0.1) is 5.41 Å². The third kappa shape index (κ3) is 5.31. The van der Waals surface area contributed by atoms with E-state index in [0.29, 0.717) is 23.7 Å². The van der Waals surface area contributed by atoms with E-state index in [1.807, 2.05) is 13.8 Å². The molecule has 122 valence electrons. The van der Waals surface area contributed by atoms with Crippen molar-refractivity contribution in [1.82, 2.24) is 10.2 Å². The molecule has 0 fully saturated rings. The van der Waals surface area contributed by atoms with Gasteiger partial charge in [0.2, 0.25) is 5.91 Å². The summed E-state index contributed by atoms with van der Waals surface area (Å²) >= 11 is 5.79. The first kappa shape index (κ1) is 18.5. The lowest BCUT2D eigenvalue weighted by molar-refractivity contribution is -0.132. The molecule has 0 heterocycles. The van der Waals surface area contributed by atoms with Crippen molar-refractivity contribution in [1.29, 1.82) is 0 Å². The minimum absolute atomic E-state index is 0.149. The normalized spacial score (nSPS) is 12.6. The summed E-state index contributed by atoms with van der Waals surface area (Å²) in [6.45, 7) is 6.67. The van der Waals surface area contributed by atoms with Crippen LogP contribution >= 0.6 is 11.6 Å². The van der Waals surface area contributed by atoms with E-state index in [-0.39, 0.29) is 17.2 Å². The number of benzene rings is 1. The lowest BCUT2D eigenvalue weighted by Crippen LogP contribution is -2.48. The third-order valence-corrected chi connectivity index (χ3v) is 3.67. The Labute approximate surface area is 136 Å². The number of nitrogens with one attached hydrogen (secondary N) is 1. The summed E-state index contributed by atoms with van der Waals surface area (Å²) in [6, 6.07) is 5.91. The minimum atomic E-state index is -0.609. The predicted molar refractivity (Wildman–Crippen MR) is 88.9 cm³/mol. The first-order valence-electron chi connectivity index (χ1n) is 7.18. The van der Waals surface area contributed by atoms with E-state index in [0.717, 1.165) is 0 Å². The molecule has 0 aliphatic heterocycles. The van der Waals surface area contributed by atoms with Crippen molar-refractivity contribution in [2.24, 2.45) is 11.1 Å². The van der Waals surface area contributed by atoms with Gasteiger partial charge in [0, 0.05) is 24.2 Å². The molecule has 5 nitrogen and oxygen atoms in total. The summed E-state index contributed by atoms with van der Waals surface area (Å²) in [5.41, 5.74) is 5.99. The highest BCUT2D eigenvalue weighted by atomic mass is 35.5. The number of likely N-dealkylation sites (N-methyl/N-ethyl adjacent to an activating group) is 1. The Bertz CT molecular complexity index is 529. The van der Waals surface area contributed by atoms with Gasteiger partial charge in [-0.1, -0.05) is 25.4 Å². The zero-order valence-electron chi connectivity index (χ0n) is 13.5. The van der Waals surface area contributed by atoms with Crippen molar-refractivity contribution >= 4 is 23.4 Å². The molecule has 6 heteroatoms. The monoisotopic (exact) mass is 325 g/mol. The van der Waals surface area contributed by atoms with Crippen molar-refractivity contribution in [3.8, 4) is 0 Å². The molecule has 0 saturated heterocycles. The number of halogens is 1. The molecule has 0 aliphatic rings. The Morgan fingerprint density at radius 3 is 2.36 bits per heavy atom. The van der Waals surface area contributed by atoms with E-state index in [1.54, 1.807) is 43.1 Å². The molecule has 22 heavy (non-hydrogen) atoms. The standard InChI is InChI=1S/C16H24ClN3O2/c1-11(15(22)20(4)10-16(2,3)9-18)19-14(21)12-5-7-13(17)8-6-12/h5-8,11H,9-10,18H2,1-4H3,(H,19,21). The summed E-state index contributed by atoms with van der Waals surface area (Å²) in [4.78, 5) is 26.0. The maximum atomic E-state index is 12.3. The second-order valence-corrected chi connectivity index (χ2v) is 6.70. The Morgan fingerprint density at radius 1 is 1.32 bits per heavy atom. The summed E-state index contributed by atoms with van der Waals surface area (Å²) < 4.78 is 0. The Hall–Kier alpha value is -1.59. The fraction of sp³-hybridized carbons (Fsp3) is 0.500. The number of amides is 2. The van der Waals surface area contributed by atoms with Crippen LogP contribution in [-0.4, -0.2) is 42.9 Å². The fourth-order valence-corrected chi connectivity index (χ4v) is 2.18. The van der Waals surface area contributed by atoms with Crippen LogP contribution < -0.4 is 11.1 Å². The Kier molecular flexibility index (Phi) is 6.38. The molecule has 1 aromatic carbocycles. The number of rotatable bonds is 6. The van der Waals surface area contributed by atoms with Gasteiger partial charge < -0.3 is 16.0 Å². The summed E-state index contributed by atoms with van der Waals surface area (Å²) in [5.74, 6) is -0.451. The van der Waals surface area contributed by atoms with Crippen molar-refractivity contribution in [2.75, 3.05) is 20.1 Å². The molecule has 1 aromatic rings. The van der Waals surface area contributed by atoms with Gasteiger partial charge >= 0.3 is 0 Å². The molecule has 0 bridgehead atoms. The quantitative estimate of drug-likeness (QED) is 0.838. The lowest BCUT2D eigenvalue weighted by atomic mass is 9.93. The van der Waals surface area contributed by atoms with E-state index >= 15 is 0 Å². The van der Waals surface area contributed by atoms with E-state index in [9.17, 15) is 9.59 Å². The van der Waals surface area contributed by atoms with Gasteiger partial charge in [-0.25, -0.2) is 0 Å². The molecular weight excluding hydrogens is 302 g/mol. The average molecular weight is 326 g/mol. The highest BCUT2D eigenvalue weighted by Gasteiger charge is 2.25. The largest absolute Gasteiger partial charge is 0.343 e. The van der Waals surface area contributed by atoms with Crippen LogP contribution in [-0.2, 0) is 4.79 Å². The van der Waals surface area contributed by atoms with E-state index < -0.39 is 6.04 Å². The van der Waals surface area contributed by atoms with Crippen LogP contribution in [0.2, 0.25) is 5.02 Å². The molecule has 1 atom stereocenters. The number of hydrogen-bond acceptors (Lipinski definition) is 3. The Balaban J connectivity index is 2.63. The lowest BCUT2D eigenvalue weighted by Gasteiger charge is -2.30. The van der Waals surface area contributed by atoms with Gasteiger partial charge in [-0.15, -0.1) is 0 Å². The molecule has 0 aliphatic carbocycles. The molecule has 0 saturated carbocycles.